The lowest BCUT2D eigenvalue weighted by molar-refractivity contribution is -0.119. The van der Waals surface area contributed by atoms with Gasteiger partial charge in [0, 0.05) is 18.4 Å². The molecule has 104 valence electrons. The fourth-order valence-corrected chi connectivity index (χ4v) is 1.69. The maximum atomic E-state index is 12.2. The van der Waals surface area contributed by atoms with E-state index in [2.05, 4.69) is 6.58 Å². The summed E-state index contributed by atoms with van der Waals surface area (Å²) in [6, 6.07) is 9.55. The Hall–Kier alpha value is -1.58. The molecule has 0 unspecified atom stereocenters. The van der Waals surface area contributed by atoms with E-state index in [4.69, 9.17) is 0 Å². The predicted octanol–water partition coefficient (Wildman–Crippen LogP) is 4.48. The van der Waals surface area contributed by atoms with Crippen molar-refractivity contribution < 1.29 is 18.0 Å². The fourth-order valence-electron chi connectivity index (χ4n) is 1.69. The van der Waals surface area contributed by atoms with Crippen molar-refractivity contribution in [2.75, 3.05) is 0 Å². The average molecular weight is 270 g/mol. The largest absolute Gasteiger partial charge is 0.412 e. The van der Waals surface area contributed by atoms with Gasteiger partial charge in [0.1, 0.15) is 5.78 Å². The smallest absolute Gasteiger partial charge is 0.300 e. The molecule has 1 aromatic rings. The topological polar surface area (TPSA) is 17.1 Å². The van der Waals surface area contributed by atoms with Crippen LogP contribution in [0.25, 0.3) is 0 Å². The van der Waals surface area contributed by atoms with Gasteiger partial charge in [0.15, 0.2) is 0 Å². The second-order valence-electron chi connectivity index (χ2n) is 4.48. The van der Waals surface area contributed by atoms with Crippen LogP contribution in [-0.4, -0.2) is 12.0 Å². The third kappa shape index (κ3) is 6.22. The summed E-state index contributed by atoms with van der Waals surface area (Å²) < 4.78 is 36.5. The first-order valence-electron chi connectivity index (χ1n) is 6.20. The lowest BCUT2D eigenvalue weighted by atomic mass is 10.0. The van der Waals surface area contributed by atoms with Crippen molar-refractivity contribution in [3.8, 4) is 0 Å². The van der Waals surface area contributed by atoms with Gasteiger partial charge in [-0.15, -0.1) is 0 Å². The van der Waals surface area contributed by atoms with Crippen LogP contribution >= 0.6 is 0 Å². The van der Waals surface area contributed by atoms with Gasteiger partial charge in [0.25, 0.3) is 0 Å². The van der Waals surface area contributed by atoms with Crippen molar-refractivity contribution >= 4 is 5.78 Å². The van der Waals surface area contributed by atoms with E-state index in [1.54, 1.807) is 0 Å². The Balaban J connectivity index is 2.20. The number of allylic oxidation sites excluding steroid dienone is 1. The quantitative estimate of drug-likeness (QED) is 0.668. The van der Waals surface area contributed by atoms with Gasteiger partial charge in [-0.05, 0) is 24.8 Å². The highest BCUT2D eigenvalue weighted by molar-refractivity contribution is 5.78. The molecule has 0 aromatic heterocycles. The van der Waals surface area contributed by atoms with E-state index < -0.39 is 11.7 Å². The van der Waals surface area contributed by atoms with Crippen molar-refractivity contribution in [3.05, 3.63) is 48.0 Å². The van der Waals surface area contributed by atoms with Crippen LogP contribution in [-0.2, 0) is 11.2 Å². The summed E-state index contributed by atoms with van der Waals surface area (Å²) >= 11 is 0. The van der Waals surface area contributed by atoms with Crippen LogP contribution < -0.4 is 0 Å². The first kappa shape index (κ1) is 15.5. The summed E-state index contributed by atoms with van der Waals surface area (Å²) in [6.45, 7) is 2.98. The van der Waals surface area contributed by atoms with Crippen LogP contribution in [0.1, 0.15) is 31.2 Å². The fraction of sp³-hybridized carbons (Fsp3) is 0.400. The molecule has 0 aliphatic heterocycles. The van der Waals surface area contributed by atoms with Gasteiger partial charge in [-0.3, -0.25) is 4.79 Å². The molecule has 0 spiro atoms. The third-order valence-corrected chi connectivity index (χ3v) is 2.87. The van der Waals surface area contributed by atoms with Gasteiger partial charge in [-0.1, -0.05) is 36.9 Å². The van der Waals surface area contributed by atoms with Crippen molar-refractivity contribution in [2.24, 2.45) is 0 Å². The molecule has 0 saturated heterocycles. The van der Waals surface area contributed by atoms with Crippen LogP contribution in [0.3, 0.4) is 0 Å². The lowest BCUT2D eigenvalue weighted by Gasteiger charge is -2.09. The average Bonchev–Trinajstić information content (AvgIpc) is 2.36. The summed E-state index contributed by atoms with van der Waals surface area (Å²) in [4.78, 5) is 11.5. The molecular weight excluding hydrogens is 253 g/mol. The Morgan fingerprint density at radius 3 is 2.26 bits per heavy atom. The molecule has 19 heavy (non-hydrogen) atoms. The highest BCUT2D eigenvalue weighted by Crippen LogP contribution is 2.27. The minimum atomic E-state index is -4.34. The molecule has 0 aliphatic carbocycles. The Morgan fingerprint density at radius 2 is 1.68 bits per heavy atom. The van der Waals surface area contributed by atoms with Gasteiger partial charge in [0.2, 0.25) is 0 Å². The molecule has 0 amide bonds. The van der Waals surface area contributed by atoms with Crippen molar-refractivity contribution in [1.82, 2.24) is 0 Å². The molecule has 0 fully saturated rings. The minimum Gasteiger partial charge on any atom is -0.300 e. The molecule has 1 rings (SSSR count). The van der Waals surface area contributed by atoms with E-state index in [1.165, 1.54) is 0 Å². The van der Waals surface area contributed by atoms with E-state index in [0.717, 1.165) is 5.56 Å². The van der Waals surface area contributed by atoms with Gasteiger partial charge in [-0.2, -0.15) is 13.2 Å². The van der Waals surface area contributed by atoms with Crippen LogP contribution in [0.2, 0.25) is 0 Å². The minimum absolute atomic E-state index is 0.00109. The predicted molar refractivity (Wildman–Crippen MR) is 68.8 cm³/mol. The number of rotatable bonds is 7. The monoisotopic (exact) mass is 270 g/mol. The summed E-state index contributed by atoms with van der Waals surface area (Å²) in [5.41, 5.74) is 0.305. The molecule has 0 bridgehead atoms. The van der Waals surface area contributed by atoms with Crippen molar-refractivity contribution in [3.63, 3.8) is 0 Å². The molecule has 1 nitrogen and oxygen atoms in total. The van der Waals surface area contributed by atoms with E-state index >= 15 is 0 Å². The molecule has 0 heterocycles. The Bertz CT molecular complexity index is 421. The van der Waals surface area contributed by atoms with E-state index in [9.17, 15) is 18.0 Å². The number of aryl methyl sites for hydroxylation is 1. The van der Waals surface area contributed by atoms with Crippen LogP contribution in [0.5, 0.6) is 0 Å². The molecule has 0 N–H and O–H groups in total. The number of hydrogen-bond donors (Lipinski definition) is 0. The standard InChI is InChI=1S/C15H17F3O/c1-12(15(16,17)18)6-5-9-14(19)11-10-13-7-3-2-4-8-13/h2-4,7-8H,1,5-6,9-11H2. The number of ketones is 1. The first-order chi connectivity index (χ1) is 8.89. The zero-order chi connectivity index (χ0) is 14.3. The SMILES string of the molecule is C=C(CCCC(=O)CCc1ccccc1)C(F)(F)F. The number of carbonyl (C=O) groups is 1. The Labute approximate surface area is 111 Å². The summed E-state index contributed by atoms with van der Waals surface area (Å²) in [7, 11) is 0. The van der Waals surface area contributed by atoms with Crippen molar-refractivity contribution in [1.29, 1.82) is 0 Å². The lowest BCUT2D eigenvalue weighted by Crippen LogP contribution is -2.11. The maximum Gasteiger partial charge on any atom is 0.412 e. The van der Waals surface area contributed by atoms with E-state index in [-0.39, 0.29) is 25.0 Å². The number of carbonyl (C=O) groups excluding carboxylic acids is 1. The molecule has 0 atom stereocenters. The number of alkyl halides is 3. The Morgan fingerprint density at radius 1 is 1.05 bits per heavy atom. The Kier molecular flexibility index (Phi) is 5.80. The molecular formula is C15H17F3O. The van der Waals surface area contributed by atoms with Crippen LogP contribution in [0.15, 0.2) is 42.5 Å². The summed E-state index contributed by atoms with van der Waals surface area (Å²) in [5, 5.41) is 0. The van der Waals surface area contributed by atoms with E-state index in [0.29, 0.717) is 12.8 Å². The molecule has 1 aromatic carbocycles. The van der Waals surface area contributed by atoms with Crippen LogP contribution in [0.4, 0.5) is 13.2 Å². The first-order valence-corrected chi connectivity index (χ1v) is 6.20. The second-order valence-corrected chi connectivity index (χ2v) is 4.48. The van der Waals surface area contributed by atoms with Crippen LogP contribution in [0, 0.1) is 0 Å². The molecule has 0 radical (unpaired) electrons. The van der Waals surface area contributed by atoms with Gasteiger partial charge >= 0.3 is 6.18 Å². The highest BCUT2D eigenvalue weighted by Gasteiger charge is 2.30. The number of benzene rings is 1. The van der Waals surface area contributed by atoms with Gasteiger partial charge in [-0.25, -0.2) is 0 Å². The zero-order valence-electron chi connectivity index (χ0n) is 10.7. The number of halogens is 3. The number of Topliss-reactive ketones (excluding diaryl/α,β-unsaturated/α-hetero) is 1. The highest BCUT2D eigenvalue weighted by atomic mass is 19.4. The number of hydrogen-bond acceptors (Lipinski definition) is 1. The van der Waals surface area contributed by atoms with Gasteiger partial charge in [0.05, 0.1) is 0 Å². The normalized spacial score (nSPS) is 11.3. The summed E-state index contributed by atoms with van der Waals surface area (Å²) in [5.74, 6) is -0.00109. The van der Waals surface area contributed by atoms with E-state index in [1.807, 2.05) is 30.3 Å². The third-order valence-electron chi connectivity index (χ3n) is 2.87. The second kappa shape index (κ2) is 7.12. The molecule has 4 heteroatoms. The zero-order valence-corrected chi connectivity index (χ0v) is 10.7. The van der Waals surface area contributed by atoms with Gasteiger partial charge < -0.3 is 0 Å². The maximum absolute atomic E-state index is 12.2. The van der Waals surface area contributed by atoms with Crippen molar-refractivity contribution in [2.45, 2.75) is 38.3 Å². The molecule has 0 aliphatic rings. The summed E-state index contributed by atoms with van der Waals surface area (Å²) in [6.07, 6.45) is -3.09. The molecule has 0 saturated carbocycles.